The molecule has 4 nitrogen and oxygen atoms in total. The first-order chi connectivity index (χ1) is 12.2. The van der Waals surface area contributed by atoms with Gasteiger partial charge in [-0.2, -0.15) is 0 Å². The van der Waals surface area contributed by atoms with E-state index >= 15 is 0 Å². The van der Waals surface area contributed by atoms with Gasteiger partial charge in [0.2, 0.25) is 0 Å². The lowest BCUT2D eigenvalue weighted by molar-refractivity contribution is 0.112. The van der Waals surface area contributed by atoms with Crippen LogP contribution in [-0.4, -0.2) is 11.3 Å². The van der Waals surface area contributed by atoms with Crippen molar-refractivity contribution in [3.05, 3.63) is 75.6 Å². The molecule has 0 saturated carbocycles. The number of H-pyrrole nitrogens is 1. The maximum Gasteiger partial charge on any atom is 0.197 e. The summed E-state index contributed by atoms with van der Waals surface area (Å²) < 4.78 is 0. The molecular weight excluding hydrogens is 312 g/mol. The molecule has 0 bridgehead atoms. The largest absolute Gasteiger partial charge is 0.355 e. The standard InChI is InChI=1S/C21H18N2O2/c1-13-6-2-4-8-17(13)22-19-11-16-20(10-14(19)12-24)23-18-9-5-3-7-15(18)21(16)25/h3,5-12,22H,2,4H2,1H3,(H,23,25). The van der Waals surface area contributed by atoms with E-state index in [0.717, 1.165) is 35.9 Å². The van der Waals surface area contributed by atoms with Crippen LogP contribution in [0.1, 0.15) is 30.1 Å². The van der Waals surface area contributed by atoms with Gasteiger partial charge < -0.3 is 10.3 Å². The predicted octanol–water partition coefficient (Wildman–Crippen LogP) is 4.53. The highest BCUT2D eigenvalue weighted by Gasteiger charge is 2.12. The normalized spacial score (nSPS) is 14.3. The molecule has 0 unspecified atom stereocenters. The average molecular weight is 330 g/mol. The number of para-hydroxylation sites is 1. The van der Waals surface area contributed by atoms with Gasteiger partial charge in [-0.05, 0) is 49.6 Å². The van der Waals surface area contributed by atoms with Crippen LogP contribution in [0.3, 0.4) is 0 Å². The fourth-order valence-electron chi connectivity index (χ4n) is 3.29. The SMILES string of the molecule is CC1=CCCC=C1Nc1cc2c(=O)c3ccccc3[nH]c2cc1C=O. The molecule has 0 spiro atoms. The van der Waals surface area contributed by atoms with Gasteiger partial charge in [0, 0.05) is 33.2 Å². The van der Waals surface area contributed by atoms with Crippen molar-refractivity contribution >= 4 is 33.8 Å². The number of nitrogens with one attached hydrogen (secondary N) is 2. The lowest BCUT2D eigenvalue weighted by Crippen LogP contribution is -2.09. The second-order valence-corrected chi connectivity index (χ2v) is 6.31. The lowest BCUT2D eigenvalue weighted by Gasteiger charge is -2.17. The van der Waals surface area contributed by atoms with Crippen LogP contribution in [-0.2, 0) is 0 Å². The number of carbonyl (C=O) groups is 1. The molecule has 1 aliphatic rings. The summed E-state index contributed by atoms with van der Waals surface area (Å²) in [6.45, 7) is 2.04. The summed E-state index contributed by atoms with van der Waals surface area (Å²) in [6.07, 6.45) is 7.11. The topological polar surface area (TPSA) is 62.0 Å². The fourth-order valence-corrected chi connectivity index (χ4v) is 3.29. The highest BCUT2D eigenvalue weighted by atomic mass is 16.1. The molecule has 4 rings (SSSR count). The third-order valence-electron chi connectivity index (χ3n) is 4.66. The second-order valence-electron chi connectivity index (χ2n) is 6.31. The monoisotopic (exact) mass is 330 g/mol. The third-order valence-corrected chi connectivity index (χ3v) is 4.66. The molecule has 1 aliphatic carbocycles. The zero-order valence-electron chi connectivity index (χ0n) is 13.9. The van der Waals surface area contributed by atoms with Gasteiger partial charge in [0.25, 0.3) is 0 Å². The predicted molar refractivity (Wildman–Crippen MR) is 102 cm³/mol. The average Bonchev–Trinajstić information content (AvgIpc) is 2.64. The Hall–Kier alpha value is -3.14. The van der Waals surface area contributed by atoms with Crippen molar-refractivity contribution in [1.29, 1.82) is 0 Å². The Bertz CT molecular complexity index is 1120. The summed E-state index contributed by atoms with van der Waals surface area (Å²) in [7, 11) is 0. The van der Waals surface area contributed by atoms with Crippen molar-refractivity contribution in [1.82, 2.24) is 4.98 Å². The number of pyridine rings is 1. The number of carbonyl (C=O) groups excluding carboxylic acids is 1. The molecule has 0 fully saturated rings. The molecule has 3 aromatic rings. The van der Waals surface area contributed by atoms with Crippen LogP contribution in [0.25, 0.3) is 21.8 Å². The van der Waals surface area contributed by atoms with Crippen LogP contribution < -0.4 is 10.7 Å². The van der Waals surface area contributed by atoms with Gasteiger partial charge >= 0.3 is 0 Å². The number of benzene rings is 2. The maximum atomic E-state index is 12.8. The van der Waals surface area contributed by atoms with Gasteiger partial charge in [-0.3, -0.25) is 9.59 Å². The van der Waals surface area contributed by atoms with Crippen molar-refractivity contribution < 1.29 is 4.79 Å². The summed E-state index contributed by atoms with van der Waals surface area (Å²) in [5, 5.41) is 4.55. The van der Waals surface area contributed by atoms with E-state index in [2.05, 4.69) is 22.5 Å². The molecule has 0 aliphatic heterocycles. The van der Waals surface area contributed by atoms with Gasteiger partial charge in [0.1, 0.15) is 0 Å². The minimum atomic E-state index is -0.0327. The third kappa shape index (κ3) is 2.66. The van der Waals surface area contributed by atoms with Gasteiger partial charge in [-0.1, -0.05) is 24.3 Å². The minimum absolute atomic E-state index is 0.0327. The van der Waals surface area contributed by atoms with Crippen LogP contribution in [0.5, 0.6) is 0 Å². The van der Waals surface area contributed by atoms with Crippen LogP contribution in [0, 0.1) is 0 Å². The van der Waals surface area contributed by atoms with Crippen LogP contribution in [0.15, 0.2) is 64.6 Å². The quantitative estimate of drug-likeness (QED) is 0.548. The smallest absolute Gasteiger partial charge is 0.197 e. The van der Waals surface area contributed by atoms with Gasteiger partial charge in [0.05, 0.1) is 5.52 Å². The highest BCUT2D eigenvalue weighted by Crippen LogP contribution is 2.26. The minimum Gasteiger partial charge on any atom is -0.355 e. The first kappa shape index (κ1) is 15.4. The molecule has 4 heteroatoms. The van der Waals surface area contributed by atoms with Crippen molar-refractivity contribution in [2.45, 2.75) is 19.8 Å². The van der Waals surface area contributed by atoms with E-state index in [-0.39, 0.29) is 5.43 Å². The van der Waals surface area contributed by atoms with Crippen molar-refractivity contribution in [3.63, 3.8) is 0 Å². The molecule has 124 valence electrons. The Balaban J connectivity index is 1.92. The molecule has 1 heterocycles. The van der Waals surface area contributed by atoms with E-state index in [1.807, 2.05) is 31.2 Å². The molecule has 0 amide bonds. The zero-order valence-corrected chi connectivity index (χ0v) is 13.9. The summed E-state index contributed by atoms with van der Waals surface area (Å²) in [6, 6.07) is 10.9. The highest BCUT2D eigenvalue weighted by molar-refractivity contribution is 5.99. The van der Waals surface area contributed by atoms with Gasteiger partial charge in [0.15, 0.2) is 11.7 Å². The number of aromatic amines is 1. The number of allylic oxidation sites excluding steroid dienone is 3. The first-order valence-corrected chi connectivity index (χ1v) is 8.35. The molecule has 2 aromatic carbocycles. The number of hydrogen-bond donors (Lipinski definition) is 2. The molecule has 0 saturated heterocycles. The molecule has 2 N–H and O–H groups in total. The lowest BCUT2D eigenvalue weighted by atomic mass is 10.0. The van der Waals surface area contributed by atoms with E-state index in [9.17, 15) is 9.59 Å². The van der Waals surface area contributed by atoms with Crippen LogP contribution >= 0.6 is 0 Å². The molecule has 25 heavy (non-hydrogen) atoms. The number of fused-ring (bicyclic) bond motifs is 2. The summed E-state index contributed by atoms with van der Waals surface area (Å²) >= 11 is 0. The van der Waals surface area contributed by atoms with Crippen molar-refractivity contribution in [2.75, 3.05) is 5.32 Å². The number of aldehydes is 1. The second kappa shape index (κ2) is 6.06. The van der Waals surface area contributed by atoms with E-state index in [1.165, 1.54) is 0 Å². The Morgan fingerprint density at radius 2 is 1.84 bits per heavy atom. The van der Waals surface area contributed by atoms with E-state index in [4.69, 9.17) is 0 Å². The van der Waals surface area contributed by atoms with E-state index in [1.54, 1.807) is 12.1 Å². The van der Waals surface area contributed by atoms with E-state index in [0.29, 0.717) is 27.5 Å². The number of aromatic nitrogens is 1. The number of hydrogen-bond acceptors (Lipinski definition) is 3. The van der Waals surface area contributed by atoms with E-state index < -0.39 is 0 Å². The number of anilines is 1. The Labute approximate surface area is 144 Å². The molecule has 0 radical (unpaired) electrons. The number of rotatable bonds is 3. The Morgan fingerprint density at radius 3 is 2.64 bits per heavy atom. The Kier molecular flexibility index (Phi) is 3.73. The van der Waals surface area contributed by atoms with Crippen LogP contribution in [0.2, 0.25) is 0 Å². The maximum absolute atomic E-state index is 12.8. The van der Waals surface area contributed by atoms with Gasteiger partial charge in [-0.15, -0.1) is 0 Å². The summed E-state index contributed by atoms with van der Waals surface area (Å²) in [4.78, 5) is 27.7. The fraction of sp³-hybridized carbons (Fsp3) is 0.143. The van der Waals surface area contributed by atoms with Gasteiger partial charge in [-0.25, -0.2) is 0 Å². The summed E-state index contributed by atoms with van der Waals surface area (Å²) in [5.74, 6) is 0. The summed E-state index contributed by atoms with van der Waals surface area (Å²) in [5.41, 5.74) is 4.73. The molecule has 1 aromatic heterocycles. The molecular formula is C21H18N2O2. The molecule has 0 atom stereocenters. The zero-order chi connectivity index (χ0) is 17.4. The van der Waals surface area contributed by atoms with Crippen LogP contribution in [0.4, 0.5) is 5.69 Å². The first-order valence-electron chi connectivity index (χ1n) is 8.35. The van der Waals surface area contributed by atoms with Crippen molar-refractivity contribution in [2.24, 2.45) is 0 Å². The Morgan fingerprint density at radius 1 is 1.04 bits per heavy atom. The van der Waals surface area contributed by atoms with Crippen molar-refractivity contribution in [3.8, 4) is 0 Å².